The Hall–Kier alpha value is -1.91. The number of likely N-dealkylation sites (tertiary alicyclic amines) is 1. The maximum absolute atomic E-state index is 12.7. The summed E-state index contributed by atoms with van der Waals surface area (Å²) in [5.74, 6) is 0.0605. The summed E-state index contributed by atoms with van der Waals surface area (Å²) in [5, 5.41) is 4.04. The summed E-state index contributed by atoms with van der Waals surface area (Å²) in [5.41, 5.74) is 1.73. The molecule has 29 heavy (non-hydrogen) atoms. The summed E-state index contributed by atoms with van der Waals surface area (Å²) in [6.07, 6.45) is 6.23. The second-order valence-electron chi connectivity index (χ2n) is 9.02. The topological polar surface area (TPSA) is 45.2 Å². The van der Waals surface area contributed by atoms with Crippen molar-refractivity contribution in [1.82, 2.24) is 15.2 Å². The number of nitrogens with one attached hydrogen (secondary N) is 1. The van der Waals surface area contributed by atoms with E-state index in [1.807, 2.05) is 57.2 Å². The van der Waals surface area contributed by atoms with E-state index in [0.717, 1.165) is 36.6 Å². The van der Waals surface area contributed by atoms with Crippen molar-refractivity contribution in [2.45, 2.75) is 65.1 Å². The third-order valence-corrected chi connectivity index (χ3v) is 5.80. The predicted octanol–water partition coefficient (Wildman–Crippen LogP) is 5.38. The lowest BCUT2D eigenvalue weighted by Gasteiger charge is -2.38. The van der Waals surface area contributed by atoms with Gasteiger partial charge in [-0.15, -0.1) is 0 Å². The molecule has 0 aliphatic carbocycles. The molecule has 1 fully saturated rings. The van der Waals surface area contributed by atoms with Gasteiger partial charge in [-0.05, 0) is 55.6 Å². The molecule has 0 saturated carbocycles. The van der Waals surface area contributed by atoms with E-state index in [1.54, 1.807) is 6.20 Å². The van der Waals surface area contributed by atoms with Crippen LogP contribution >= 0.6 is 11.6 Å². The quantitative estimate of drug-likeness (QED) is 0.691. The van der Waals surface area contributed by atoms with Gasteiger partial charge in [-0.3, -0.25) is 14.7 Å². The Bertz CT molecular complexity index is 803. The lowest BCUT2D eigenvalue weighted by Crippen LogP contribution is -2.44. The molecule has 0 radical (unpaired) electrons. The fourth-order valence-corrected chi connectivity index (χ4v) is 4.10. The number of carbonyl (C=O) groups excluding carboxylic acids is 1. The monoisotopic (exact) mass is 413 g/mol. The molecule has 2 aromatic rings. The average molecular weight is 414 g/mol. The minimum atomic E-state index is -0.430. The third-order valence-electron chi connectivity index (χ3n) is 5.56. The molecule has 2 heterocycles. The first-order valence-corrected chi connectivity index (χ1v) is 10.9. The highest BCUT2D eigenvalue weighted by Crippen LogP contribution is 2.29. The van der Waals surface area contributed by atoms with Crippen LogP contribution in [0.15, 0.2) is 48.7 Å². The number of aromatic nitrogens is 1. The number of rotatable bonds is 6. The highest BCUT2D eigenvalue weighted by atomic mass is 35.5. The molecule has 0 bridgehead atoms. The normalized spacial score (nSPS) is 19.0. The molecule has 1 saturated heterocycles. The summed E-state index contributed by atoms with van der Waals surface area (Å²) >= 11 is 6.19. The van der Waals surface area contributed by atoms with Crippen molar-refractivity contribution in [3.05, 3.63) is 64.9 Å². The van der Waals surface area contributed by atoms with Crippen molar-refractivity contribution >= 4 is 17.5 Å². The molecule has 0 spiro atoms. The van der Waals surface area contributed by atoms with E-state index in [9.17, 15) is 4.79 Å². The van der Waals surface area contributed by atoms with Crippen LogP contribution in [0.4, 0.5) is 0 Å². The Morgan fingerprint density at radius 1 is 1.24 bits per heavy atom. The van der Waals surface area contributed by atoms with E-state index in [1.165, 1.54) is 18.4 Å². The minimum absolute atomic E-state index is 0.0605. The fraction of sp³-hybridized carbons (Fsp3) is 0.500. The number of hydrogen-bond acceptors (Lipinski definition) is 3. The smallest absolute Gasteiger partial charge is 0.225 e. The summed E-state index contributed by atoms with van der Waals surface area (Å²) in [6, 6.07) is 14.3. The maximum Gasteiger partial charge on any atom is 0.225 e. The Labute approximate surface area is 179 Å². The number of piperidine rings is 1. The van der Waals surface area contributed by atoms with Crippen LogP contribution in [-0.4, -0.2) is 28.4 Å². The van der Waals surface area contributed by atoms with E-state index in [4.69, 9.17) is 11.6 Å². The van der Waals surface area contributed by atoms with Crippen molar-refractivity contribution < 1.29 is 4.79 Å². The zero-order valence-electron chi connectivity index (χ0n) is 17.7. The molecule has 1 amide bonds. The lowest BCUT2D eigenvalue weighted by atomic mass is 9.91. The average Bonchev–Trinajstić information content (AvgIpc) is 2.69. The van der Waals surface area contributed by atoms with Crippen LogP contribution in [0.25, 0.3) is 0 Å². The van der Waals surface area contributed by atoms with Gasteiger partial charge in [0.05, 0.1) is 11.7 Å². The van der Waals surface area contributed by atoms with Crippen LogP contribution in [0.1, 0.15) is 63.8 Å². The zero-order chi connectivity index (χ0) is 20.9. The molecule has 156 valence electrons. The number of nitrogens with zero attached hydrogens (tertiary/aromatic N) is 2. The van der Waals surface area contributed by atoms with Gasteiger partial charge in [0.2, 0.25) is 5.91 Å². The SMILES string of the molecule is CC(C)(C)C(=O)N[C@@H](C[C@@H]1CCCCN1Cc1cccc(Cl)c1)c1ccccn1. The van der Waals surface area contributed by atoms with Gasteiger partial charge in [-0.1, -0.05) is 57.0 Å². The number of amides is 1. The van der Waals surface area contributed by atoms with Crippen LogP contribution < -0.4 is 5.32 Å². The van der Waals surface area contributed by atoms with Crippen molar-refractivity contribution in [1.29, 1.82) is 0 Å². The van der Waals surface area contributed by atoms with Gasteiger partial charge in [-0.25, -0.2) is 0 Å². The van der Waals surface area contributed by atoms with E-state index < -0.39 is 5.41 Å². The van der Waals surface area contributed by atoms with E-state index in [-0.39, 0.29) is 11.9 Å². The van der Waals surface area contributed by atoms with Crippen LogP contribution in [-0.2, 0) is 11.3 Å². The lowest BCUT2D eigenvalue weighted by molar-refractivity contribution is -0.129. The van der Waals surface area contributed by atoms with Crippen molar-refractivity contribution in [2.75, 3.05) is 6.54 Å². The standard InChI is InChI=1S/C24H32ClN3O/c1-24(2,3)23(29)27-22(21-12-4-6-13-26-21)16-20-11-5-7-14-28(20)17-18-9-8-10-19(25)15-18/h4,6,8-10,12-13,15,20,22H,5,7,11,14,16-17H2,1-3H3,(H,27,29)/t20-,22-/m0/s1. The fourth-order valence-electron chi connectivity index (χ4n) is 3.89. The molecule has 1 aromatic carbocycles. The minimum Gasteiger partial charge on any atom is -0.347 e. The number of benzene rings is 1. The molecule has 1 N–H and O–H groups in total. The van der Waals surface area contributed by atoms with E-state index in [2.05, 4.69) is 21.3 Å². The molecule has 4 nitrogen and oxygen atoms in total. The van der Waals surface area contributed by atoms with Crippen LogP contribution in [0, 0.1) is 5.41 Å². The first-order valence-electron chi connectivity index (χ1n) is 10.5. The van der Waals surface area contributed by atoms with Gasteiger partial charge in [-0.2, -0.15) is 0 Å². The Kier molecular flexibility index (Phi) is 7.31. The van der Waals surface area contributed by atoms with E-state index >= 15 is 0 Å². The number of halogens is 1. The Balaban J connectivity index is 1.77. The first-order chi connectivity index (χ1) is 13.8. The number of pyridine rings is 1. The van der Waals surface area contributed by atoms with Gasteiger partial charge in [0.15, 0.2) is 0 Å². The van der Waals surface area contributed by atoms with Crippen molar-refractivity contribution in [2.24, 2.45) is 5.41 Å². The van der Waals surface area contributed by atoms with Gasteiger partial charge < -0.3 is 5.32 Å². The molecule has 1 aliphatic rings. The molecular formula is C24H32ClN3O. The predicted molar refractivity (Wildman–Crippen MR) is 119 cm³/mol. The summed E-state index contributed by atoms with van der Waals surface area (Å²) < 4.78 is 0. The zero-order valence-corrected chi connectivity index (χ0v) is 18.5. The second kappa shape index (κ2) is 9.73. The van der Waals surface area contributed by atoms with Crippen molar-refractivity contribution in [3.63, 3.8) is 0 Å². The van der Waals surface area contributed by atoms with Crippen LogP contribution in [0.3, 0.4) is 0 Å². The van der Waals surface area contributed by atoms with E-state index in [0.29, 0.717) is 6.04 Å². The number of carbonyl (C=O) groups is 1. The maximum atomic E-state index is 12.7. The summed E-state index contributed by atoms with van der Waals surface area (Å²) in [6.45, 7) is 7.80. The number of hydrogen-bond donors (Lipinski definition) is 1. The summed E-state index contributed by atoms with van der Waals surface area (Å²) in [7, 11) is 0. The molecule has 3 rings (SSSR count). The second-order valence-corrected chi connectivity index (χ2v) is 9.45. The molecular weight excluding hydrogens is 382 g/mol. The molecule has 0 unspecified atom stereocenters. The molecule has 2 atom stereocenters. The molecule has 1 aliphatic heterocycles. The van der Waals surface area contributed by atoms with Gasteiger partial charge in [0, 0.05) is 29.2 Å². The molecule has 1 aromatic heterocycles. The van der Waals surface area contributed by atoms with Gasteiger partial charge in [0.25, 0.3) is 0 Å². The van der Waals surface area contributed by atoms with Gasteiger partial charge >= 0.3 is 0 Å². The van der Waals surface area contributed by atoms with Crippen molar-refractivity contribution in [3.8, 4) is 0 Å². The summed E-state index contributed by atoms with van der Waals surface area (Å²) in [4.78, 5) is 19.8. The Morgan fingerprint density at radius 2 is 2.07 bits per heavy atom. The highest BCUT2D eigenvalue weighted by molar-refractivity contribution is 6.30. The first kappa shape index (κ1) is 21.8. The largest absolute Gasteiger partial charge is 0.347 e. The third kappa shape index (κ3) is 6.28. The Morgan fingerprint density at radius 3 is 2.76 bits per heavy atom. The van der Waals surface area contributed by atoms with Crippen LogP contribution in [0.5, 0.6) is 0 Å². The van der Waals surface area contributed by atoms with Crippen LogP contribution in [0.2, 0.25) is 5.02 Å². The van der Waals surface area contributed by atoms with Gasteiger partial charge in [0.1, 0.15) is 0 Å². The molecule has 5 heteroatoms. The highest BCUT2D eigenvalue weighted by Gasteiger charge is 2.30.